The van der Waals surface area contributed by atoms with Crippen molar-refractivity contribution in [2.45, 2.75) is 59.4 Å². The summed E-state index contributed by atoms with van der Waals surface area (Å²) in [5.74, 6) is 0.0454. The van der Waals surface area contributed by atoms with E-state index in [0.717, 1.165) is 5.56 Å². The van der Waals surface area contributed by atoms with E-state index in [9.17, 15) is 14.7 Å². The van der Waals surface area contributed by atoms with Crippen molar-refractivity contribution >= 4 is 24.2 Å². The summed E-state index contributed by atoms with van der Waals surface area (Å²) in [4.78, 5) is 27.8. The van der Waals surface area contributed by atoms with Gasteiger partial charge in [-0.2, -0.15) is 0 Å². The van der Waals surface area contributed by atoms with Gasteiger partial charge in [0.05, 0.1) is 18.3 Å². The molecule has 190 valence electrons. The monoisotopic (exact) mass is 501 g/mol. The molecule has 4 rings (SSSR count). The van der Waals surface area contributed by atoms with Crippen LogP contribution in [0.15, 0.2) is 36.4 Å². The molecule has 0 aromatic heterocycles. The van der Waals surface area contributed by atoms with Crippen LogP contribution in [0.3, 0.4) is 0 Å². The number of hydrogen-bond acceptors (Lipinski definition) is 5. The number of halogens is 1. The van der Waals surface area contributed by atoms with E-state index in [1.807, 2.05) is 24.0 Å². The van der Waals surface area contributed by atoms with Gasteiger partial charge in [0.1, 0.15) is 5.75 Å². The fourth-order valence-corrected chi connectivity index (χ4v) is 4.74. The third kappa shape index (κ3) is 6.15. The van der Waals surface area contributed by atoms with Gasteiger partial charge in [0.15, 0.2) is 0 Å². The maximum Gasteiger partial charge on any atom is 0.255 e. The molecule has 2 amide bonds. The van der Waals surface area contributed by atoms with Crippen LogP contribution in [0.2, 0.25) is 0 Å². The maximum absolute atomic E-state index is 13.1. The molecule has 2 unspecified atom stereocenters. The van der Waals surface area contributed by atoms with E-state index in [1.54, 1.807) is 12.1 Å². The molecule has 8 heteroatoms. The number of amides is 2. The molecule has 2 heterocycles. The Balaban J connectivity index is 0.00000342. The molecule has 3 N–H and O–H groups in total. The lowest BCUT2D eigenvalue weighted by atomic mass is 9.93. The zero-order valence-electron chi connectivity index (χ0n) is 20.9. The van der Waals surface area contributed by atoms with Crippen molar-refractivity contribution in [3.05, 3.63) is 64.2 Å². The highest BCUT2D eigenvalue weighted by Gasteiger charge is 2.33. The molecule has 7 nitrogen and oxygen atoms in total. The first-order valence-electron chi connectivity index (χ1n) is 12.0. The second-order valence-electron chi connectivity index (χ2n) is 10.4. The minimum Gasteiger partial charge on any atom is -0.493 e. The first-order valence-corrected chi connectivity index (χ1v) is 12.0. The largest absolute Gasteiger partial charge is 0.493 e. The first kappa shape index (κ1) is 27.0. The summed E-state index contributed by atoms with van der Waals surface area (Å²) < 4.78 is 5.72. The molecular weight excluding hydrogens is 466 g/mol. The average molecular weight is 502 g/mol. The van der Waals surface area contributed by atoms with Crippen LogP contribution >= 0.6 is 12.4 Å². The van der Waals surface area contributed by atoms with Gasteiger partial charge >= 0.3 is 0 Å². The molecule has 0 fully saturated rings. The van der Waals surface area contributed by atoms with Gasteiger partial charge < -0.3 is 25.4 Å². The molecule has 2 aromatic carbocycles. The fourth-order valence-electron chi connectivity index (χ4n) is 4.74. The van der Waals surface area contributed by atoms with Gasteiger partial charge in [-0.15, -0.1) is 12.4 Å². The lowest BCUT2D eigenvalue weighted by Gasteiger charge is -2.30. The summed E-state index contributed by atoms with van der Waals surface area (Å²) in [5.41, 5.74) is 4.25. The van der Waals surface area contributed by atoms with Crippen LogP contribution in [-0.4, -0.2) is 53.7 Å². The quantitative estimate of drug-likeness (QED) is 0.541. The highest BCUT2D eigenvalue weighted by Crippen LogP contribution is 2.32. The molecular formula is C27H36ClN3O4. The van der Waals surface area contributed by atoms with Crippen LogP contribution in [0.4, 0.5) is 0 Å². The maximum atomic E-state index is 13.1. The summed E-state index contributed by atoms with van der Waals surface area (Å²) in [6, 6.07) is 11.5. The van der Waals surface area contributed by atoms with Crippen LogP contribution < -0.4 is 15.4 Å². The molecule has 2 aliphatic rings. The van der Waals surface area contributed by atoms with Crippen LogP contribution in [0.5, 0.6) is 5.75 Å². The number of nitrogens with one attached hydrogen (secondary N) is 2. The third-order valence-electron chi connectivity index (χ3n) is 6.34. The summed E-state index contributed by atoms with van der Waals surface area (Å²) in [7, 11) is 0. The lowest BCUT2D eigenvalue weighted by Crippen LogP contribution is -2.49. The minimum absolute atomic E-state index is 0. The van der Waals surface area contributed by atoms with Crippen LogP contribution in [0, 0.1) is 5.41 Å². The molecule has 0 bridgehead atoms. The SMILES string of the molecule is CCOc1cc2c(cc1C(=O)NCC(O)C1Cc3ccccc3CN1)CN(CC(C)(C)C)C2=O.Cl. The first-order chi connectivity index (χ1) is 16.2. The van der Waals surface area contributed by atoms with Crippen LogP contribution in [0.25, 0.3) is 0 Å². The molecule has 2 atom stereocenters. The normalized spacial score (nSPS) is 17.8. The topological polar surface area (TPSA) is 90.9 Å². The van der Waals surface area contributed by atoms with Gasteiger partial charge in [-0.25, -0.2) is 0 Å². The number of aliphatic hydroxyl groups is 1. The molecule has 0 aliphatic carbocycles. The Hall–Kier alpha value is -2.61. The number of carbonyl (C=O) groups excluding carboxylic acids is 2. The number of hydrogen-bond donors (Lipinski definition) is 3. The minimum atomic E-state index is -0.730. The Morgan fingerprint density at radius 1 is 1.23 bits per heavy atom. The van der Waals surface area contributed by atoms with Crippen molar-refractivity contribution in [3.63, 3.8) is 0 Å². The van der Waals surface area contributed by atoms with Crippen molar-refractivity contribution in [1.29, 1.82) is 0 Å². The number of nitrogens with zero attached hydrogens (tertiary/aromatic N) is 1. The smallest absolute Gasteiger partial charge is 0.255 e. The fraction of sp³-hybridized carbons (Fsp3) is 0.481. The van der Waals surface area contributed by atoms with E-state index < -0.39 is 6.10 Å². The van der Waals surface area contributed by atoms with E-state index in [-0.39, 0.29) is 42.2 Å². The highest BCUT2D eigenvalue weighted by molar-refractivity contribution is 6.03. The van der Waals surface area contributed by atoms with Crippen molar-refractivity contribution in [1.82, 2.24) is 15.5 Å². The van der Waals surface area contributed by atoms with Gasteiger partial charge in [0.2, 0.25) is 0 Å². The molecule has 0 radical (unpaired) electrons. The standard InChI is InChI=1S/C27H35N3O4.ClH/c1-5-34-24-12-20-19(15-30(26(20)33)16-27(2,3)4)10-21(24)25(32)29-14-23(31)22-11-17-8-6-7-9-18(17)13-28-22;/h6-10,12,22-23,28,31H,5,11,13-16H2,1-4H3,(H,29,32);1H. The number of fused-ring (bicyclic) bond motifs is 2. The van der Waals surface area contributed by atoms with E-state index >= 15 is 0 Å². The predicted molar refractivity (Wildman–Crippen MR) is 138 cm³/mol. The average Bonchev–Trinajstić information content (AvgIpc) is 3.09. The van der Waals surface area contributed by atoms with E-state index in [2.05, 4.69) is 43.5 Å². The number of aliphatic hydroxyl groups excluding tert-OH is 1. The summed E-state index contributed by atoms with van der Waals surface area (Å²) in [6.45, 7) is 10.4. The molecule has 2 aliphatic heterocycles. The van der Waals surface area contributed by atoms with Crippen molar-refractivity contribution < 1.29 is 19.4 Å². The van der Waals surface area contributed by atoms with Crippen molar-refractivity contribution in [2.75, 3.05) is 19.7 Å². The van der Waals surface area contributed by atoms with E-state index in [4.69, 9.17) is 4.74 Å². The number of carbonyl (C=O) groups is 2. The Kier molecular flexibility index (Phi) is 8.46. The number of rotatable bonds is 7. The Morgan fingerprint density at radius 2 is 1.94 bits per heavy atom. The van der Waals surface area contributed by atoms with Gasteiger partial charge in [-0.3, -0.25) is 9.59 Å². The summed E-state index contributed by atoms with van der Waals surface area (Å²) >= 11 is 0. The van der Waals surface area contributed by atoms with Gasteiger partial charge in [0, 0.05) is 37.8 Å². The Bertz CT molecular complexity index is 1080. The van der Waals surface area contributed by atoms with Crippen molar-refractivity contribution in [3.8, 4) is 5.75 Å². The van der Waals surface area contributed by atoms with E-state index in [1.165, 1.54) is 11.1 Å². The van der Waals surface area contributed by atoms with Gasteiger partial charge in [-0.1, -0.05) is 45.0 Å². The summed E-state index contributed by atoms with van der Waals surface area (Å²) in [6.07, 6.45) is -0.0201. The van der Waals surface area contributed by atoms with Crippen LogP contribution in [0.1, 0.15) is 65.1 Å². The second kappa shape index (κ2) is 11.0. The summed E-state index contributed by atoms with van der Waals surface area (Å²) in [5, 5.41) is 17.0. The molecule has 35 heavy (non-hydrogen) atoms. The lowest BCUT2D eigenvalue weighted by molar-refractivity contribution is 0.0719. The van der Waals surface area contributed by atoms with Crippen LogP contribution in [-0.2, 0) is 19.5 Å². The van der Waals surface area contributed by atoms with Crippen molar-refractivity contribution in [2.24, 2.45) is 5.41 Å². The second-order valence-corrected chi connectivity index (χ2v) is 10.4. The number of benzene rings is 2. The molecule has 0 saturated heterocycles. The molecule has 0 saturated carbocycles. The zero-order valence-corrected chi connectivity index (χ0v) is 21.7. The number of ether oxygens (including phenoxy) is 1. The highest BCUT2D eigenvalue weighted by atomic mass is 35.5. The molecule has 2 aromatic rings. The zero-order chi connectivity index (χ0) is 24.5. The molecule has 0 spiro atoms. The third-order valence-corrected chi connectivity index (χ3v) is 6.34. The van der Waals surface area contributed by atoms with E-state index in [0.29, 0.717) is 49.5 Å². The Morgan fingerprint density at radius 3 is 2.63 bits per heavy atom. The predicted octanol–water partition coefficient (Wildman–Crippen LogP) is 3.31. The van der Waals surface area contributed by atoms with Gasteiger partial charge in [-0.05, 0) is 47.6 Å². The van der Waals surface area contributed by atoms with Gasteiger partial charge in [0.25, 0.3) is 11.8 Å². The Labute approximate surface area is 213 Å².